The molecule has 1 unspecified atom stereocenters. The molecule has 4 heterocycles. The number of nitrogens with one attached hydrogen (secondary N) is 1. The minimum Gasteiger partial charge on any atom is -0.369 e. The van der Waals surface area contributed by atoms with Gasteiger partial charge in [0.15, 0.2) is 0 Å². The van der Waals surface area contributed by atoms with Crippen LogP contribution in [0.15, 0.2) is 12.3 Å². The normalized spacial score (nSPS) is 30.6. The Morgan fingerprint density at radius 3 is 3.09 bits per heavy atom. The number of aromatic nitrogens is 3. The predicted octanol–water partition coefficient (Wildman–Crippen LogP) is 2.72. The number of hydrogen-bond acceptors (Lipinski definition) is 5. The summed E-state index contributed by atoms with van der Waals surface area (Å²) >= 11 is 1.95. The molecule has 2 aromatic heterocycles. The molecule has 1 spiro atoms. The van der Waals surface area contributed by atoms with Gasteiger partial charge in [-0.1, -0.05) is 12.1 Å². The van der Waals surface area contributed by atoms with Crippen molar-refractivity contribution in [3.05, 3.63) is 33.3 Å². The summed E-state index contributed by atoms with van der Waals surface area (Å²) in [6, 6.07) is 2.99. The van der Waals surface area contributed by atoms with Crippen molar-refractivity contribution in [3.63, 3.8) is 0 Å². The van der Waals surface area contributed by atoms with Crippen LogP contribution in [0.4, 0.5) is 0 Å². The summed E-state index contributed by atoms with van der Waals surface area (Å²) in [7, 11) is 1.92. The summed E-state index contributed by atoms with van der Waals surface area (Å²) in [6.07, 6.45) is 6.13. The Morgan fingerprint density at radius 1 is 1.48 bits per heavy atom. The molecule has 0 saturated carbocycles. The van der Waals surface area contributed by atoms with E-state index in [0.717, 1.165) is 38.0 Å². The third kappa shape index (κ3) is 2.62. The van der Waals surface area contributed by atoms with Gasteiger partial charge in [-0.25, -0.2) is 0 Å². The van der Waals surface area contributed by atoms with Gasteiger partial charge in [-0.05, 0) is 37.8 Å². The third-order valence-corrected chi connectivity index (χ3v) is 6.51. The van der Waals surface area contributed by atoms with Crippen LogP contribution < -0.4 is 5.32 Å². The first kappa shape index (κ1) is 15.3. The molecule has 23 heavy (non-hydrogen) atoms. The number of rotatable bonds is 2. The van der Waals surface area contributed by atoms with Crippen molar-refractivity contribution in [2.24, 2.45) is 7.05 Å². The monoisotopic (exact) mass is 332 g/mol. The van der Waals surface area contributed by atoms with E-state index < -0.39 is 0 Å². The Bertz CT molecular complexity index is 709. The number of thiophene rings is 1. The highest BCUT2D eigenvalue weighted by Crippen LogP contribution is 2.49. The lowest BCUT2D eigenvalue weighted by molar-refractivity contribution is -0.0957. The quantitative estimate of drug-likeness (QED) is 0.919. The molecule has 2 aliphatic heterocycles. The molecule has 1 N–H and O–H groups in total. The smallest absolute Gasteiger partial charge is 0.106 e. The van der Waals surface area contributed by atoms with Gasteiger partial charge in [-0.3, -0.25) is 4.68 Å². The van der Waals surface area contributed by atoms with Gasteiger partial charge in [0.05, 0.1) is 18.3 Å². The average molecular weight is 332 g/mol. The third-order valence-electron chi connectivity index (χ3n) is 5.00. The zero-order chi connectivity index (χ0) is 16.0. The summed E-state index contributed by atoms with van der Waals surface area (Å²) in [6.45, 7) is 5.31. The largest absolute Gasteiger partial charge is 0.369 e. The first-order valence-electron chi connectivity index (χ1n) is 8.48. The molecule has 2 aliphatic rings. The minimum atomic E-state index is -0.154. The molecule has 3 atom stereocenters. The molecule has 0 radical (unpaired) electrons. The van der Waals surface area contributed by atoms with Crippen LogP contribution >= 0.6 is 11.3 Å². The van der Waals surface area contributed by atoms with Gasteiger partial charge in [0.25, 0.3) is 0 Å². The van der Waals surface area contributed by atoms with E-state index in [-0.39, 0.29) is 11.6 Å². The molecule has 0 aromatic carbocycles. The van der Waals surface area contributed by atoms with E-state index in [1.54, 1.807) is 4.68 Å². The summed E-state index contributed by atoms with van der Waals surface area (Å²) in [4.78, 5) is 2.94. The minimum absolute atomic E-state index is 0.154. The fourth-order valence-electron chi connectivity index (χ4n) is 4.04. The molecular weight excluding hydrogens is 308 g/mol. The topological polar surface area (TPSA) is 52.0 Å². The lowest BCUT2D eigenvalue weighted by Gasteiger charge is -2.45. The van der Waals surface area contributed by atoms with Gasteiger partial charge in [0.1, 0.15) is 5.60 Å². The predicted molar refractivity (Wildman–Crippen MR) is 90.6 cm³/mol. The second kappa shape index (κ2) is 5.69. The Morgan fingerprint density at radius 2 is 2.35 bits per heavy atom. The summed E-state index contributed by atoms with van der Waals surface area (Å²) in [5.74, 6) is 0. The lowest BCUT2D eigenvalue weighted by atomic mass is 9.79. The maximum Gasteiger partial charge on any atom is 0.106 e. The molecular formula is C17H24N4OS. The van der Waals surface area contributed by atoms with Crippen molar-refractivity contribution in [1.82, 2.24) is 20.3 Å². The number of piperidine rings is 1. The highest BCUT2D eigenvalue weighted by Gasteiger charge is 2.46. The van der Waals surface area contributed by atoms with E-state index in [2.05, 4.69) is 35.5 Å². The van der Waals surface area contributed by atoms with Crippen molar-refractivity contribution in [3.8, 4) is 0 Å². The average Bonchev–Trinajstić information content (AvgIpc) is 3.13. The first-order chi connectivity index (χ1) is 11.1. The van der Waals surface area contributed by atoms with Crippen molar-refractivity contribution in [2.75, 3.05) is 6.61 Å². The van der Waals surface area contributed by atoms with E-state index in [4.69, 9.17) is 4.74 Å². The molecule has 2 aromatic rings. The number of hydrogen-bond donors (Lipinski definition) is 1. The van der Waals surface area contributed by atoms with Crippen LogP contribution in [0.25, 0.3) is 0 Å². The second-order valence-corrected chi connectivity index (χ2v) is 8.00. The summed E-state index contributed by atoms with van der Waals surface area (Å²) < 4.78 is 8.21. The number of ether oxygens (including phenoxy) is 1. The highest BCUT2D eigenvalue weighted by atomic mass is 32.1. The van der Waals surface area contributed by atoms with Crippen molar-refractivity contribution >= 4 is 11.3 Å². The maximum atomic E-state index is 6.44. The zero-order valence-electron chi connectivity index (χ0n) is 14.0. The van der Waals surface area contributed by atoms with Crippen LogP contribution in [0.3, 0.4) is 0 Å². The SMILES string of the molecule is CCc1cc2c(s1)C1(C[C@@H](c3cn(C)nn3)N[C@@H](C)C1)OCC2. The highest BCUT2D eigenvalue weighted by molar-refractivity contribution is 7.12. The molecule has 5 nitrogen and oxygen atoms in total. The summed E-state index contributed by atoms with van der Waals surface area (Å²) in [5.41, 5.74) is 2.37. The molecule has 0 bridgehead atoms. The molecule has 4 rings (SSSR count). The fourth-order valence-corrected chi connectivity index (χ4v) is 5.35. The zero-order valence-corrected chi connectivity index (χ0v) is 14.8. The lowest BCUT2D eigenvalue weighted by Crippen LogP contribution is -2.49. The standard InChI is InChI=1S/C17H24N4OS/c1-4-13-7-12-5-6-22-17(16(12)23-13)8-11(2)18-14(9-17)15-10-21(3)20-19-15/h7,10-11,14,18H,4-6,8-9H2,1-3H3/t11-,14-,17?/m0/s1. The number of fused-ring (bicyclic) bond motifs is 2. The van der Waals surface area contributed by atoms with Crippen LogP contribution in [-0.4, -0.2) is 27.6 Å². The number of nitrogens with zero attached hydrogens (tertiary/aromatic N) is 3. The first-order valence-corrected chi connectivity index (χ1v) is 9.29. The van der Waals surface area contributed by atoms with Crippen LogP contribution in [-0.2, 0) is 30.2 Å². The van der Waals surface area contributed by atoms with Crippen molar-refractivity contribution in [1.29, 1.82) is 0 Å². The van der Waals surface area contributed by atoms with Gasteiger partial charge in [-0.15, -0.1) is 16.4 Å². The molecule has 6 heteroatoms. The molecule has 0 amide bonds. The second-order valence-electron chi connectivity index (χ2n) is 6.86. The van der Waals surface area contributed by atoms with Crippen LogP contribution in [0.5, 0.6) is 0 Å². The van der Waals surface area contributed by atoms with E-state index in [9.17, 15) is 0 Å². The maximum absolute atomic E-state index is 6.44. The summed E-state index contributed by atoms with van der Waals surface area (Å²) in [5, 5.41) is 12.1. The van der Waals surface area contributed by atoms with E-state index >= 15 is 0 Å². The molecule has 1 fully saturated rings. The number of aryl methyl sites for hydroxylation is 2. The Kier molecular flexibility index (Phi) is 3.78. The van der Waals surface area contributed by atoms with Gasteiger partial charge in [-0.2, -0.15) is 0 Å². The van der Waals surface area contributed by atoms with Crippen molar-refractivity contribution in [2.45, 2.75) is 57.2 Å². The van der Waals surface area contributed by atoms with E-state index in [0.29, 0.717) is 6.04 Å². The van der Waals surface area contributed by atoms with Gasteiger partial charge >= 0.3 is 0 Å². The van der Waals surface area contributed by atoms with Crippen LogP contribution in [0.2, 0.25) is 0 Å². The Balaban J connectivity index is 1.71. The molecule has 124 valence electrons. The fraction of sp³-hybridized carbons (Fsp3) is 0.647. The van der Waals surface area contributed by atoms with Crippen molar-refractivity contribution < 1.29 is 4.74 Å². The van der Waals surface area contributed by atoms with E-state index in [1.165, 1.54) is 15.3 Å². The Labute approximate surface area is 141 Å². The molecule has 0 aliphatic carbocycles. The van der Waals surface area contributed by atoms with E-state index in [1.807, 2.05) is 24.6 Å². The van der Waals surface area contributed by atoms with Gasteiger partial charge in [0, 0.05) is 35.5 Å². The molecule has 1 saturated heterocycles. The van der Waals surface area contributed by atoms with Gasteiger partial charge < -0.3 is 10.1 Å². The Hall–Kier alpha value is -1.24. The van der Waals surface area contributed by atoms with Gasteiger partial charge in [0.2, 0.25) is 0 Å². The van der Waals surface area contributed by atoms with Crippen LogP contribution in [0.1, 0.15) is 53.7 Å². The van der Waals surface area contributed by atoms with Crippen LogP contribution in [0, 0.1) is 0 Å².